The van der Waals surface area contributed by atoms with Gasteiger partial charge in [-0.2, -0.15) is 10.1 Å². The standard InChI is InChI=1S/C22H22N4O4/c1-14-19(21(27)30-12-15-7-5-4-6-8-15)20(26-22(25-14)23-13-24-26)16-9-10-17(28-2)18(11-16)29-3/h4-11,13,20H,12H2,1-3H3,(H,23,24,25)/t20-/m0/s1. The third-order valence-corrected chi connectivity index (χ3v) is 4.95. The highest BCUT2D eigenvalue weighted by molar-refractivity contribution is 5.92. The van der Waals surface area contributed by atoms with Crippen LogP contribution in [0.25, 0.3) is 0 Å². The molecule has 1 aliphatic rings. The van der Waals surface area contributed by atoms with Crippen LogP contribution in [0.15, 0.2) is 66.1 Å². The fourth-order valence-electron chi connectivity index (χ4n) is 3.49. The first-order valence-corrected chi connectivity index (χ1v) is 9.42. The summed E-state index contributed by atoms with van der Waals surface area (Å²) in [4.78, 5) is 17.4. The van der Waals surface area contributed by atoms with Gasteiger partial charge < -0.3 is 19.5 Å². The molecule has 3 aromatic rings. The molecule has 0 saturated heterocycles. The van der Waals surface area contributed by atoms with E-state index < -0.39 is 12.0 Å². The maximum atomic E-state index is 13.1. The number of hydrogen-bond acceptors (Lipinski definition) is 7. The van der Waals surface area contributed by atoms with Gasteiger partial charge in [-0.3, -0.25) is 0 Å². The Morgan fingerprint density at radius 1 is 1.10 bits per heavy atom. The molecule has 2 heterocycles. The minimum Gasteiger partial charge on any atom is -0.493 e. The van der Waals surface area contributed by atoms with Crippen molar-refractivity contribution in [2.24, 2.45) is 0 Å². The molecule has 1 N–H and O–H groups in total. The number of ether oxygens (including phenoxy) is 3. The number of anilines is 1. The largest absolute Gasteiger partial charge is 0.493 e. The Morgan fingerprint density at radius 3 is 2.60 bits per heavy atom. The first-order chi connectivity index (χ1) is 14.6. The van der Waals surface area contributed by atoms with Crippen LogP contribution >= 0.6 is 0 Å². The Kier molecular flexibility index (Phi) is 5.38. The van der Waals surface area contributed by atoms with Crippen molar-refractivity contribution in [1.82, 2.24) is 14.8 Å². The molecule has 0 radical (unpaired) electrons. The van der Waals surface area contributed by atoms with Crippen LogP contribution in [0.4, 0.5) is 5.95 Å². The van der Waals surface area contributed by atoms with Gasteiger partial charge in [0, 0.05) is 5.70 Å². The minimum absolute atomic E-state index is 0.180. The number of carbonyl (C=O) groups is 1. The van der Waals surface area contributed by atoms with E-state index in [-0.39, 0.29) is 6.61 Å². The van der Waals surface area contributed by atoms with Gasteiger partial charge in [0.2, 0.25) is 5.95 Å². The SMILES string of the molecule is COc1ccc([C@H]2C(C(=O)OCc3ccccc3)=C(C)Nc3ncnn32)cc1OC. The van der Waals surface area contributed by atoms with E-state index in [0.717, 1.165) is 11.1 Å². The zero-order valence-corrected chi connectivity index (χ0v) is 17.0. The quantitative estimate of drug-likeness (QED) is 0.628. The lowest BCUT2D eigenvalue weighted by molar-refractivity contribution is -0.140. The molecule has 1 aliphatic heterocycles. The number of hydrogen-bond donors (Lipinski definition) is 1. The van der Waals surface area contributed by atoms with Gasteiger partial charge in [0.1, 0.15) is 19.0 Å². The molecule has 1 atom stereocenters. The van der Waals surface area contributed by atoms with Crippen molar-refractivity contribution in [3.05, 3.63) is 77.3 Å². The number of nitrogens with one attached hydrogen (secondary N) is 1. The predicted molar refractivity (Wildman–Crippen MR) is 110 cm³/mol. The van der Waals surface area contributed by atoms with Crippen LogP contribution in [0.3, 0.4) is 0 Å². The molecule has 0 saturated carbocycles. The monoisotopic (exact) mass is 406 g/mol. The van der Waals surface area contributed by atoms with Crippen molar-refractivity contribution in [3.8, 4) is 11.5 Å². The van der Waals surface area contributed by atoms with E-state index in [2.05, 4.69) is 15.4 Å². The molecule has 0 aliphatic carbocycles. The molecule has 154 valence electrons. The van der Waals surface area contributed by atoms with Crippen molar-refractivity contribution in [2.45, 2.75) is 19.6 Å². The number of benzene rings is 2. The lowest BCUT2D eigenvalue weighted by atomic mass is 9.95. The molecule has 30 heavy (non-hydrogen) atoms. The van der Waals surface area contributed by atoms with E-state index in [9.17, 15) is 4.79 Å². The van der Waals surface area contributed by atoms with Crippen LogP contribution < -0.4 is 14.8 Å². The molecule has 0 unspecified atom stereocenters. The minimum atomic E-state index is -0.521. The topological polar surface area (TPSA) is 87.5 Å². The van der Waals surface area contributed by atoms with Gasteiger partial charge in [-0.05, 0) is 30.2 Å². The molecular weight excluding hydrogens is 384 g/mol. The third-order valence-electron chi connectivity index (χ3n) is 4.95. The van der Waals surface area contributed by atoms with E-state index in [0.29, 0.717) is 28.7 Å². The van der Waals surface area contributed by atoms with E-state index in [1.807, 2.05) is 49.4 Å². The second-order valence-corrected chi connectivity index (χ2v) is 6.77. The van der Waals surface area contributed by atoms with Gasteiger partial charge in [0.05, 0.1) is 19.8 Å². The Labute approximate surface area is 174 Å². The molecule has 1 aromatic heterocycles. The summed E-state index contributed by atoms with van der Waals surface area (Å²) in [5, 5.41) is 7.46. The highest BCUT2D eigenvalue weighted by Gasteiger charge is 2.34. The van der Waals surface area contributed by atoms with Crippen LogP contribution in [0.1, 0.15) is 24.1 Å². The summed E-state index contributed by atoms with van der Waals surface area (Å²) in [7, 11) is 3.15. The van der Waals surface area contributed by atoms with Gasteiger partial charge in [-0.25, -0.2) is 9.48 Å². The summed E-state index contributed by atoms with van der Waals surface area (Å²) >= 11 is 0. The third kappa shape index (κ3) is 3.59. The van der Waals surface area contributed by atoms with Gasteiger partial charge >= 0.3 is 5.97 Å². The average Bonchev–Trinajstić information content (AvgIpc) is 3.24. The lowest BCUT2D eigenvalue weighted by Gasteiger charge is -2.28. The first kappa shape index (κ1) is 19.5. The second kappa shape index (κ2) is 8.28. The molecule has 0 fully saturated rings. The molecule has 0 amide bonds. The summed E-state index contributed by atoms with van der Waals surface area (Å²) < 4.78 is 18.1. The van der Waals surface area contributed by atoms with E-state index in [1.54, 1.807) is 25.0 Å². The van der Waals surface area contributed by atoms with E-state index >= 15 is 0 Å². The Morgan fingerprint density at radius 2 is 1.87 bits per heavy atom. The van der Waals surface area contributed by atoms with Crippen molar-refractivity contribution >= 4 is 11.9 Å². The highest BCUT2D eigenvalue weighted by Crippen LogP contribution is 2.38. The van der Waals surface area contributed by atoms with Crippen LogP contribution in [0, 0.1) is 0 Å². The predicted octanol–water partition coefficient (Wildman–Crippen LogP) is 3.33. The Hall–Kier alpha value is -3.81. The molecular formula is C22H22N4O4. The molecule has 0 bridgehead atoms. The number of rotatable bonds is 6. The number of methoxy groups -OCH3 is 2. The Bertz CT molecular complexity index is 1090. The smallest absolute Gasteiger partial charge is 0.338 e. The summed E-state index contributed by atoms with van der Waals surface area (Å²) in [6, 6.07) is 14.5. The first-order valence-electron chi connectivity index (χ1n) is 9.42. The summed E-state index contributed by atoms with van der Waals surface area (Å²) in [5.74, 6) is 1.28. The molecule has 0 spiro atoms. The molecule has 2 aromatic carbocycles. The summed E-state index contributed by atoms with van der Waals surface area (Å²) in [6.07, 6.45) is 1.45. The zero-order valence-electron chi connectivity index (χ0n) is 17.0. The molecule has 8 nitrogen and oxygen atoms in total. The normalized spacial score (nSPS) is 15.2. The number of aromatic nitrogens is 3. The number of carbonyl (C=O) groups excluding carboxylic acids is 1. The molecule has 8 heteroatoms. The van der Waals surface area contributed by atoms with E-state index in [1.165, 1.54) is 6.33 Å². The van der Waals surface area contributed by atoms with Crippen LogP contribution in [0.2, 0.25) is 0 Å². The van der Waals surface area contributed by atoms with Crippen LogP contribution in [-0.4, -0.2) is 35.0 Å². The summed E-state index contributed by atoms with van der Waals surface area (Å²) in [6.45, 7) is 2.00. The van der Waals surface area contributed by atoms with Gasteiger partial charge in [0.15, 0.2) is 11.5 Å². The van der Waals surface area contributed by atoms with Crippen LogP contribution in [-0.2, 0) is 16.1 Å². The van der Waals surface area contributed by atoms with Crippen molar-refractivity contribution in [2.75, 3.05) is 19.5 Å². The fourth-order valence-corrected chi connectivity index (χ4v) is 3.49. The molecule has 4 rings (SSSR count). The van der Waals surface area contributed by atoms with E-state index in [4.69, 9.17) is 14.2 Å². The van der Waals surface area contributed by atoms with Gasteiger partial charge in [-0.1, -0.05) is 36.4 Å². The lowest BCUT2D eigenvalue weighted by Crippen LogP contribution is -2.29. The zero-order chi connectivity index (χ0) is 21.1. The summed E-state index contributed by atoms with van der Waals surface area (Å²) in [5.41, 5.74) is 2.83. The average molecular weight is 406 g/mol. The fraction of sp³-hybridized carbons (Fsp3) is 0.227. The van der Waals surface area contributed by atoms with Crippen molar-refractivity contribution in [3.63, 3.8) is 0 Å². The maximum absolute atomic E-state index is 13.1. The number of allylic oxidation sites excluding steroid dienone is 1. The Balaban J connectivity index is 1.71. The second-order valence-electron chi connectivity index (χ2n) is 6.77. The maximum Gasteiger partial charge on any atom is 0.338 e. The van der Waals surface area contributed by atoms with Gasteiger partial charge in [0.25, 0.3) is 0 Å². The van der Waals surface area contributed by atoms with Crippen molar-refractivity contribution < 1.29 is 19.0 Å². The van der Waals surface area contributed by atoms with Crippen molar-refractivity contribution in [1.29, 1.82) is 0 Å². The number of nitrogens with zero attached hydrogens (tertiary/aromatic N) is 3. The highest BCUT2D eigenvalue weighted by atomic mass is 16.5. The van der Waals surface area contributed by atoms with Gasteiger partial charge in [-0.15, -0.1) is 0 Å². The number of esters is 1. The van der Waals surface area contributed by atoms with Crippen LogP contribution in [0.5, 0.6) is 11.5 Å². The number of fused-ring (bicyclic) bond motifs is 1.